The number of sulfonamides is 1. The minimum atomic E-state index is -3.42. The number of pyridine rings is 1. The molecular formula is C21H26N4O3S. The second-order valence-corrected chi connectivity index (χ2v) is 9.48. The first-order valence-corrected chi connectivity index (χ1v) is 11.5. The zero-order valence-corrected chi connectivity index (χ0v) is 17.4. The van der Waals surface area contributed by atoms with Crippen LogP contribution in [0.15, 0.2) is 47.5 Å². The Morgan fingerprint density at radius 2 is 1.48 bits per heavy atom. The lowest BCUT2D eigenvalue weighted by molar-refractivity contribution is 0.101. The standard InChI is InChI=1S/C21H26N4O3S/c1-17(26)18-4-6-19(7-5-18)23-12-14-24(15-13-23)21-9-8-20(16-22-21)29(27,28)25-10-2-3-11-25/h4-9,16H,2-3,10-15H2,1H3. The van der Waals surface area contributed by atoms with Gasteiger partial charge in [0, 0.05) is 56.7 Å². The Morgan fingerprint density at radius 3 is 2.03 bits per heavy atom. The molecule has 2 saturated heterocycles. The van der Waals surface area contributed by atoms with Gasteiger partial charge in [0.2, 0.25) is 10.0 Å². The van der Waals surface area contributed by atoms with E-state index in [-0.39, 0.29) is 10.7 Å². The van der Waals surface area contributed by atoms with Gasteiger partial charge in [-0.05, 0) is 56.2 Å². The minimum absolute atomic E-state index is 0.0719. The van der Waals surface area contributed by atoms with Gasteiger partial charge in [-0.25, -0.2) is 13.4 Å². The van der Waals surface area contributed by atoms with Crippen LogP contribution < -0.4 is 9.80 Å². The summed E-state index contributed by atoms with van der Waals surface area (Å²) in [6.07, 6.45) is 3.33. The highest BCUT2D eigenvalue weighted by molar-refractivity contribution is 7.89. The van der Waals surface area contributed by atoms with Crippen LogP contribution in [0.1, 0.15) is 30.1 Å². The number of anilines is 2. The second kappa shape index (κ2) is 8.12. The van der Waals surface area contributed by atoms with Crippen molar-refractivity contribution >= 4 is 27.3 Å². The third-order valence-electron chi connectivity index (χ3n) is 5.67. The Hall–Kier alpha value is -2.45. The van der Waals surface area contributed by atoms with Crippen LogP contribution in [0.25, 0.3) is 0 Å². The summed E-state index contributed by atoms with van der Waals surface area (Å²) in [6, 6.07) is 11.2. The van der Waals surface area contributed by atoms with E-state index in [0.29, 0.717) is 13.1 Å². The number of Topliss-reactive ketones (excluding diaryl/α,β-unsaturated/α-hetero) is 1. The molecule has 0 unspecified atom stereocenters. The van der Waals surface area contributed by atoms with Crippen molar-refractivity contribution in [3.8, 4) is 0 Å². The molecule has 154 valence electrons. The highest BCUT2D eigenvalue weighted by Gasteiger charge is 2.27. The number of carbonyl (C=O) groups excluding carboxylic acids is 1. The third-order valence-corrected chi connectivity index (χ3v) is 7.55. The van der Waals surface area contributed by atoms with E-state index in [9.17, 15) is 13.2 Å². The molecule has 1 aromatic carbocycles. The van der Waals surface area contributed by atoms with Crippen molar-refractivity contribution in [2.75, 3.05) is 49.1 Å². The van der Waals surface area contributed by atoms with E-state index in [1.54, 1.807) is 23.4 Å². The van der Waals surface area contributed by atoms with E-state index >= 15 is 0 Å². The maximum Gasteiger partial charge on any atom is 0.244 e. The van der Waals surface area contributed by atoms with Crippen LogP contribution in [0.2, 0.25) is 0 Å². The van der Waals surface area contributed by atoms with E-state index in [0.717, 1.165) is 56.1 Å². The Kier molecular flexibility index (Phi) is 5.56. The quantitative estimate of drug-likeness (QED) is 0.700. The molecule has 3 heterocycles. The number of benzene rings is 1. The van der Waals surface area contributed by atoms with Crippen LogP contribution >= 0.6 is 0 Å². The van der Waals surface area contributed by atoms with E-state index in [1.165, 1.54) is 6.20 Å². The molecule has 0 atom stereocenters. The third kappa shape index (κ3) is 4.13. The molecule has 2 aromatic rings. The Morgan fingerprint density at radius 1 is 0.862 bits per heavy atom. The van der Waals surface area contributed by atoms with Gasteiger partial charge < -0.3 is 9.80 Å². The number of hydrogen-bond acceptors (Lipinski definition) is 6. The van der Waals surface area contributed by atoms with Crippen LogP contribution in [0.5, 0.6) is 0 Å². The van der Waals surface area contributed by atoms with E-state index in [2.05, 4.69) is 14.8 Å². The van der Waals surface area contributed by atoms with Gasteiger partial charge in [-0.1, -0.05) is 0 Å². The van der Waals surface area contributed by atoms with Crippen molar-refractivity contribution in [1.29, 1.82) is 0 Å². The first-order chi connectivity index (χ1) is 13.9. The summed E-state index contributed by atoms with van der Waals surface area (Å²) in [5.41, 5.74) is 1.83. The number of carbonyl (C=O) groups is 1. The summed E-state index contributed by atoms with van der Waals surface area (Å²) < 4.78 is 26.8. The maximum absolute atomic E-state index is 12.6. The summed E-state index contributed by atoms with van der Waals surface area (Å²) in [5, 5.41) is 0. The van der Waals surface area contributed by atoms with Crippen LogP contribution in [-0.2, 0) is 10.0 Å². The summed E-state index contributed by atoms with van der Waals surface area (Å²) in [5.74, 6) is 0.875. The minimum Gasteiger partial charge on any atom is -0.368 e. The number of piperazine rings is 1. The van der Waals surface area contributed by atoms with Gasteiger partial charge >= 0.3 is 0 Å². The van der Waals surface area contributed by atoms with Crippen LogP contribution in [0.4, 0.5) is 11.5 Å². The molecule has 4 rings (SSSR count). The summed E-state index contributed by atoms with van der Waals surface area (Å²) in [7, 11) is -3.42. The number of aromatic nitrogens is 1. The van der Waals surface area contributed by atoms with E-state index < -0.39 is 10.0 Å². The fourth-order valence-corrected chi connectivity index (χ4v) is 5.35. The fraction of sp³-hybridized carbons (Fsp3) is 0.429. The molecule has 0 bridgehead atoms. The van der Waals surface area contributed by atoms with Crippen LogP contribution in [-0.4, -0.2) is 62.8 Å². The molecular weight excluding hydrogens is 388 g/mol. The number of ketones is 1. The van der Waals surface area contributed by atoms with Gasteiger partial charge in [0.1, 0.15) is 10.7 Å². The number of nitrogens with zero attached hydrogens (tertiary/aromatic N) is 4. The molecule has 2 fully saturated rings. The average Bonchev–Trinajstić information content (AvgIpc) is 3.30. The molecule has 0 N–H and O–H groups in total. The molecule has 0 spiro atoms. The largest absolute Gasteiger partial charge is 0.368 e. The van der Waals surface area contributed by atoms with Crippen molar-refractivity contribution < 1.29 is 13.2 Å². The topological polar surface area (TPSA) is 73.8 Å². The van der Waals surface area contributed by atoms with Crippen molar-refractivity contribution in [3.05, 3.63) is 48.2 Å². The summed E-state index contributed by atoms with van der Waals surface area (Å²) in [6.45, 7) is 6.06. The normalized spacial score (nSPS) is 18.2. The van der Waals surface area contributed by atoms with Crippen molar-refractivity contribution in [1.82, 2.24) is 9.29 Å². The zero-order valence-electron chi connectivity index (χ0n) is 16.6. The SMILES string of the molecule is CC(=O)c1ccc(N2CCN(c3ccc(S(=O)(=O)N4CCCC4)cn3)CC2)cc1. The molecule has 0 saturated carbocycles. The second-order valence-electron chi connectivity index (χ2n) is 7.54. The van der Waals surface area contributed by atoms with Gasteiger partial charge in [0.15, 0.2) is 5.78 Å². The molecule has 7 nitrogen and oxygen atoms in total. The van der Waals surface area contributed by atoms with Gasteiger partial charge in [0.05, 0.1) is 0 Å². The molecule has 2 aliphatic rings. The fourth-order valence-electron chi connectivity index (χ4n) is 3.89. The first-order valence-electron chi connectivity index (χ1n) is 10.0. The van der Waals surface area contributed by atoms with E-state index in [1.807, 2.05) is 24.3 Å². The highest BCUT2D eigenvalue weighted by Crippen LogP contribution is 2.23. The maximum atomic E-state index is 12.6. The van der Waals surface area contributed by atoms with E-state index in [4.69, 9.17) is 0 Å². The lowest BCUT2D eigenvalue weighted by atomic mass is 10.1. The van der Waals surface area contributed by atoms with Gasteiger partial charge in [0.25, 0.3) is 0 Å². The molecule has 0 amide bonds. The predicted octanol–water partition coefficient (Wildman–Crippen LogP) is 2.40. The smallest absolute Gasteiger partial charge is 0.244 e. The van der Waals surface area contributed by atoms with Crippen LogP contribution in [0.3, 0.4) is 0 Å². The van der Waals surface area contributed by atoms with Gasteiger partial charge in [-0.2, -0.15) is 4.31 Å². The molecule has 0 aliphatic carbocycles. The Bertz CT molecular complexity index is 960. The molecule has 1 aromatic heterocycles. The monoisotopic (exact) mass is 414 g/mol. The molecule has 29 heavy (non-hydrogen) atoms. The first kappa shape index (κ1) is 19.8. The Labute approximate surface area is 172 Å². The average molecular weight is 415 g/mol. The number of rotatable bonds is 5. The highest BCUT2D eigenvalue weighted by atomic mass is 32.2. The van der Waals surface area contributed by atoms with Crippen molar-refractivity contribution in [2.24, 2.45) is 0 Å². The Balaban J connectivity index is 1.39. The van der Waals surface area contributed by atoms with Gasteiger partial charge in [-0.3, -0.25) is 4.79 Å². The van der Waals surface area contributed by atoms with Crippen molar-refractivity contribution in [2.45, 2.75) is 24.7 Å². The summed E-state index contributed by atoms with van der Waals surface area (Å²) >= 11 is 0. The lowest BCUT2D eigenvalue weighted by Crippen LogP contribution is -2.46. The molecule has 8 heteroatoms. The summed E-state index contributed by atoms with van der Waals surface area (Å²) in [4.78, 5) is 20.6. The molecule has 0 radical (unpaired) electrons. The zero-order chi connectivity index (χ0) is 20.4. The van der Waals surface area contributed by atoms with Crippen molar-refractivity contribution in [3.63, 3.8) is 0 Å². The van der Waals surface area contributed by atoms with Crippen LogP contribution in [0, 0.1) is 0 Å². The lowest BCUT2D eigenvalue weighted by Gasteiger charge is -2.36. The molecule has 2 aliphatic heterocycles. The number of hydrogen-bond donors (Lipinski definition) is 0. The van der Waals surface area contributed by atoms with Gasteiger partial charge in [-0.15, -0.1) is 0 Å². The predicted molar refractivity (Wildman–Crippen MR) is 113 cm³/mol.